The zero-order valence-corrected chi connectivity index (χ0v) is 13.3. The predicted molar refractivity (Wildman–Crippen MR) is 86.6 cm³/mol. The number of halogens is 1. The number of aromatic nitrogens is 2. The normalized spacial score (nSPS) is 10.5. The van der Waals surface area contributed by atoms with Crippen LogP contribution in [0.1, 0.15) is 16.2 Å². The number of nitrogens with one attached hydrogen (secondary N) is 1. The third-order valence-electron chi connectivity index (χ3n) is 3.08. The Labute approximate surface area is 135 Å². The third kappa shape index (κ3) is 3.07. The Kier molecular flexibility index (Phi) is 4.02. The summed E-state index contributed by atoms with van der Waals surface area (Å²) in [5.74, 6) is -0.181. The van der Waals surface area contributed by atoms with E-state index in [0.29, 0.717) is 11.6 Å². The number of carbonyl (C=O) groups excluding carboxylic acids is 1. The summed E-state index contributed by atoms with van der Waals surface area (Å²) in [6.45, 7) is 1.91. The highest BCUT2D eigenvalue weighted by Gasteiger charge is 2.16. The molecular weight excluding hydrogens is 346 g/mol. The van der Waals surface area contributed by atoms with Gasteiger partial charge in [-0.2, -0.15) is 0 Å². The van der Waals surface area contributed by atoms with Crippen LogP contribution in [0.25, 0.3) is 11.5 Å². The number of hydrogen-bond donors (Lipinski definition) is 1. The van der Waals surface area contributed by atoms with E-state index < -0.39 is 5.91 Å². The molecule has 0 radical (unpaired) electrons. The summed E-state index contributed by atoms with van der Waals surface area (Å²) in [5.41, 5.74) is 2.41. The molecule has 0 saturated carbocycles. The molecule has 3 rings (SSSR count). The summed E-state index contributed by atoms with van der Waals surface area (Å²) in [4.78, 5) is 12.2. The lowest BCUT2D eigenvalue weighted by Gasteiger charge is -2.06. The lowest BCUT2D eigenvalue weighted by atomic mass is 10.2. The van der Waals surface area contributed by atoms with Crippen LogP contribution in [-0.4, -0.2) is 16.1 Å². The fourth-order valence-electron chi connectivity index (χ4n) is 1.96. The minimum atomic E-state index is -0.430. The minimum Gasteiger partial charge on any atom is -0.412 e. The molecule has 1 N–H and O–H groups in total. The molecule has 0 atom stereocenters. The Morgan fingerprint density at radius 1 is 1.14 bits per heavy atom. The second-order valence-electron chi connectivity index (χ2n) is 4.69. The fourth-order valence-corrected chi connectivity index (χ4v) is 2.43. The van der Waals surface area contributed by atoms with Crippen molar-refractivity contribution in [3.63, 3.8) is 0 Å². The standard InChI is InChI=1S/C16H12BrN3O2/c1-10-9-12(17)7-8-13(10)18-14(21)16-20-19-15(22-16)11-5-3-2-4-6-11/h2-9H,1H3,(H,18,21). The highest BCUT2D eigenvalue weighted by atomic mass is 79.9. The first-order valence-corrected chi connectivity index (χ1v) is 7.39. The first-order valence-electron chi connectivity index (χ1n) is 6.60. The van der Waals surface area contributed by atoms with Crippen molar-refractivity contribution in [2.75, 3.05) is 5.32 Å². The van der Waals surface area contributed by atoms with Gasteiger partial charge in [0.25, 0.3) is 0 Å². The van der Waals surface area contributed by atoms with Gasteiger partial charge in [-0.1, -0.05) is 34.1 Å². The summed E-state index contributed by atoms with van der Waals surface area (Å²) in [7, 11) is 0. The van der Waals surface area contributed by atoms with Crippen molar-refractivity contribution < 1.29 is 9.21 Å². The van der Waals surface area contributed by atoms with Gasteiger partial charge in [0.15, 0.2) is 0 Å². The van der Waals surface area contributed by atoms with Crippen molar-refractivity contribution in [2.45, 2.75) is 6.92 Å². The maximum Gasteiger partial charge on any atom is 0.313 e. The van der Waals surface area contributed by atoms with Gasteiger partial charge in [-0.15, -0.1) is 10.2 Å². The average molecular weight is 358 g/mol. The van der Waals surface area contributed by atoms with E-state index >= 15 is 0 Å². The molecule has 2 aromatic carbocycles. The van der Waals surface area contributed by atoms with E-state index in [1.807, 2.05) is 55.5 Å². The highest BCUT2D eigenvalue weighted by Crippen LogP contribution is 2.21. The van der Waals surface area contributed by atoms with E-state index in [-0.39, 0.29) is 5.89 Å². The molecule has 1 aromatic heterocycles. The van der Waals surface area contributed by atoms with Crippen LogP contribution in [0.15, 0.2) is 57.4 Å². The summed E-state index contributed by atoms with van der Waals surface area (Å²) in [6.07, 6.45) is 0. The zero-order valence-electron chi connectivity index (χ0n) is 11.7. The molecule has 3 aromatic rings. The van der Waals surface area contributed by atoms with Gasteiger partial charge in [0.05, 0.1) is 0 Å². The summed E-state index contributed by atoms with van der Waals surface area (Å²) in [6, 6.07) is 14.9. The Bertz CT molecular complexity index is 815. The second-order valence-corrected chi connectivity index (χ2v) is 5.61. The molecule has 0 fully saturated rings. The lowest BCUT2D eigenvalue weighted by molar-refractivity contribution is 0.0990. The molecule has 0 aliphatic rings. The number of rotatable bonds is 3. The lowest BCUT2D eigenvalue weighted by Crippen LogP contribution is -2.13. The molecule has 0 spiro atoms. The Morgan fingerprint density at radius 2 is 1.91 bits per heavy atom. The SMILES string of the molecule is Cc1cc(Br)ccc1NC(=O)c1nnc(-c2ccccc2)o1. The van der Waals surface area contributed by atoms with Gasteiger partial charge >= 0.3 is 11.8 Å². The molecular formula is C16H12BrN3O2. The zero-order chi connectivity index (χ0) is 15.5. The van der Waals surface area contributed by atoms with E-state index in [1.54, 1.807) is 0 Å². The van der Waals surface area contributed by atoms with E-state index in [0.717, 1.165) is 15.6 Å². The molecule has 0 aliphatic carbocycles. The Balaban J connectivity index is 1.80. The Hall–Kier alpha value is -2.47. The minimum absolute atomic E-state index is 0.0684. The maximum atomic E-state index is 12.2. The largest absolute Gasteiger partial charge is 0.412 e. The van der Waals surface area contributed by atoms with E-state index in [2.05, 4.69) is 31.4 Å². The molecule has 0 saturated heterocycles. The van der Waals surface area contributed by atoms with Crippen LogP contribution in [0.5, 0.6) is 0 Å². The third-order valence-corrected chi connectivity index (χ3v) is 3.57. The number of benzene rings is 2. The molecule has 0 unspecified atom stereocenters. The molecule has 0 aliphatic heterocycles. The molecule has 110 valence electrons. The van der Waals surface area contributed by atoms with Crippen LogP contribution < -0.4 is 5.32 Å². The van der Waals surface area contributed by atoms with Crippen LogP contribution in [0.2, 0.25) is 0 Å². The van der Waals surface area contributed by atoms with E-state index in [9.17, 15) is 4.79 Å². The van der Waals surface area contributed by atoms with Gasteiger partial charge < -0.3 is 9.73 Å². The molecule has 22 heavy (non-hydrogen) atoms. The van der Waals surface area contributed by atoms with Crippen molar-refractivity contribution in [1.82, 2.24) is 10.2 Å². The van der Waals surface area contributed by atoms with Crippen molar-refractivity contribution in [2.24, 2.45) is 0 Å². The van der Waals surface area contributed by atoms with Gasteiger partial charge in [-0.3, -0.25) is 4.79 Å². The van der Waals surface area contributed by atoms with Gasteiger partial charge in [0.2, 0.25) is 5.89 Å². The number of carbonyl (C=O) groups is 1. The van der Waals surface area contributed by atoms with Crippen LogP contribution in [-0.2, 0) is 0 Å². The smallest absolute Gasteiger partial charge is 0.313 e. The van der Waals surface area contributed by atoms with Gasteiger partial charge in [0, 0.05) is 15.7 Å². The van der Waals surface area contributed by atoms with Gasteiger partial charge in [-0.25, -0.2) is 0 Å². The number of aryl methyl sites for hydroxylation is 1. The van der Waals surface area contributed by atoms with Crippen molar-refractivity contribution in [3.05, 3.63) is 64.5 Å². The van der Waals surface area contributed by atoms with Crippen molar-refractivity contribution in [1.29, 1.82) is 0 Å². The molecule has 5 nitrogen and oxygen atoms in total. The van der Waals surface area contributed by atoms with E-state index in [1.165, 1.54) is 0 Å². The number of nitrogens with zero attached hydrogens (tertiary/aromatic N) is 2. The van der Waals surface area contributed by atoms with Gasteiger partial charge in [-0.05, 0) is 42.8 Å². The second kappa shape index (κ2) is 6.11. The monoisotopic (exact) mass is 357 g/mol. The molecule has 1 amide bonds. The van der Waals surface area contributed by atoms with Crippen molar-refractivity contribution in [3.8, 4) is 11.5 Å². The first-order chi connectivity index (χ1) is 10.6. The number of anilines is 1. The van der Waals surface area contributed by atoms with Gasteiger partial charge in [0.1, 0.15) is 0 Å². The highest BCUT2D eigenvalue weighted by molar-refractivity contribution is 9.10. The number of amides is 1. The first kappa shape index (κ1) is 14.5. The predicted octanol–water partition coefficient (Wildman–Crippen LogP) is 4.06. The van der Waals surface area contributed by atoms with Crippen LogP contribution >= 0.6 is 15.9 Å². The molecule has 0 bridgehead atoms. The average Bonchev–Trinajstić information content (AvgIpc) is 3.01. The quantitative estimate of drug-likeness (QED) is 0.767. The summed E-state index contributed by atoms with van der Waals surface area (Å²) in [5, 5.41) is 10.5. The topological polar surface area (TPSA) is 68.0 Å². The fraction of sp³-hybridized carbons (Fsp3) is 0.0625. The van der Waals surface area contributed by atoms with E-state index in [4.69, 9.17) is 4.42 Å². The Morgan fingerprint density at radius 3 is 2.64 bits per heavy atom. The molecule has 1 heterocycles. The number of hydrogen-bond acceptors (Lipinski definition) is 4. The van der Waals surface area contributed by atoms with Crippen molar-refractivity contribution >= 4 is 27.5 Å². The van der Waals surface area contributed by atoms with Crippen LogP contribution in [0.3, 0.4) is 0 Å². The summed E-state index contributed by atoms with van der Waals surface area (Å²) >= 11 is 3.38. The van der Waals surface area contributed by atoms with Crippen LogP contribution in [0, 0.1) is 6.92 Å². The summed E-state index contributed by atoms with van der Waals surface area (Å²) < 4.78 is 6.37. The molecule has 6 heteroatoms. The maximum absolute atomic E-state index is 12.2. The van der Waals surface area contributed by atoms with Crippen LogP contribution in [0.4, 0.5) is 5.69 Å².